The molecule has 2 aliphatic rings. The lowest BCUT2D eigenvalue weighted by Gasteiger charge is -2.39. The zero-order valence-corrected chi connectivity index (χ0v) is 19.1. The van der Waals surface area contributed by atoms with Crippen molar-refractivity contribution < 1.29 is 9.59 Å². The van der Waals surface area contributed by atoms with Crippen LogP contribution < -0.4 is 4.90 Å². The number of hydrogen-bond donors (Lipinski definition) is 0. The maximum absolute atomic E-state index is 13.9. The Hall–Kier alpha value is -2.76. The van der Waals surface area contributed by atoms with Crippen LogP contribution in [-0.2, 0) is 9.59 Å². The van der Waals surface area contributed by atoms with Gasteiger partial charge >= 0.3 is 0 Å². The molecule has 1 unspecified atom stereocenters. The number of aromatic nitrogens is 1. The van der Waals surface area contributed by atoms with E-state index in [1.165, 1.54) is 4.90 Å². The van der Waals surface area contributed by atoms with Crippen LogP contribution in [0.3, 0.4) is 0 Å². The first-order valence-corrected chi connectivity index (χ1v) is 11.6. The summed E-state index contributed by atoms with van der Waals surface area (Å²) in [4.78, 5) is 28.7. The van der Waals surface area contributed by atoms with E-state index in [0.717, 1.165) is 41.0 Å². The number of benzene rings is 2. The van der Waals surface area contributed by atoms with E-state index in [4.69, 9.17) is 23.2 Å². The summed E-state index contributed by atoms with van der Waals surface area (Å²) in [6.45, 7) is 1.98. The fraction of sp³-hybridized carbons (Fsp3) is 0.280. The highest BCUT2D eigenvalue weighted by molar-refractivity contribution is 6.53. The largest absolute Gasteiger partial charge is 0.328 e. The molecule has 1 aliphatic carbocycles. The Bertz CT molecular complexity index is 1190. The van der Waals surface area contributed by atoms with E-state index in [1.54, 1.807) is 0 Å². The third-order valence-corrected chi connectivity index (χ3v) is 6.48. The van der Waals surface area contributed by atoms with Gasteiger partial charge in [-0.1, -0.05) is 65.2 Å². The van der Waals surface area contributed by atoms with Crippen molar-refractivity contribution in [1.82, 2.24) is 9.47 Å². The number of nitrogens with zero attached hydrogens (tertiary/aromatic N) is 3. The van der Waals surface area contributed by atoms with Gasteiger partial charge in [0, 0.05) is 12.2 Å². The van der Waals surface area contributed by atoms with E-state index in [2.05, 4.69) is 10.6 Å². The topological polar surface area (TPSA) is 45.6 Å². The van der Waals surface area contributed by atoms with Gasteiger partial charge in [-0.2, -0.15) is 0 Å². The molecule has 5 nitrogen and oxygen atoms in total. The van der Waals surface area contributed by atoms with Gasteiger partial charge in [0.1, 0.15) is 12.6 Å². The summed E-state index contributed by atoms with van der Waals surface area (Å²) in [6, 6.07) is 19.8. The molecular weight excluding hydrogens is 445 g/mol. The summed E-state index contributed by atoms with van der Waals surface area (Å²) >= 11 is 11.8. The van der Waals surface area contributed by atoms with Gasteiger partial charge in [-0.15, -0.1) is 0 Å². The van der Waals surface area contributed by atoms with Crippen molar-refractivity contribution in [3.63, 3.8) is 0 Å². The number of anilines is 1. The highest BCUT2D eigenvalue weighted by Crippen LogP contribution is 2.42. The Morgan fingerprint density at radius 2 is 1.78 bits per heavy atom. The number of hydrogen-bond acceptors (Lipinski definition) is 2. The zero-order valence-electron chi connectivity index (χ0n) is 17.6. The van der Waals surface area contributed by atoms with Crippen LogP contribution in [0, 0.1) is 6.92 Å². The molecule has 1 aromatic heterocycles. The number of alkyl halides is 2. The van der Waals surface area contributed by atoms with Crippen molar-refractivity contribution >= 4 is 40.7 Å². The number of para-hydroxylation sites is 2. The second-order valence-electron chi connectivity index (χ2n) is 8.37. The fourth-order valence-electron chi connectivity index (χ4n) is 4.54. The minimum absolute atomic E-state index is 0.0211. The molecule has 2 aromatic carbocycles. The first-order valence-electron chi connectivity index (χ1n) is 10.7. The van der Waals surface area contributed by atoms with Crippen LogP contribution in [0.4, 0.5) is 5.69 Å². The van der Waals surface area contributed by atoms with Crippen LogP contribution >= 0.6 is 23.2 Å². The highest BCUT2D eigenvalue weighted by Gasteiger charge is 2.40. The van der Waals surface area contributed by atoms with E-state index in [1.807, 2.05) is 72.6 Å². The molecule has 1 saturated carbocycles. The Balaban J connectivity index is 1.60. The van der Waals surface area contributed by atoms with Crippen molar-refractivity contribution in [2.75, 3.05) is 11.4 Å². The summed E-state index contributed by atoms with van der Waals surface area (Å²) in [6.07, 6.45) is 3.74. The third-order valence-electron chi connectivity index (χ3n) is 6.11. The Kier molecular flexibility index (Phi) is 5.48. The lowest BCUT2D eigenvalue weighted by atomic mass is 9.96. The van der Waals surface area contributed by atoms with Crippen molar-refractivity contribution in [3.05, 3.63) is 83.7 Å². The van der Waals surface area contributed by atoms with Gasteiger partial charge in [-0.05, 0) is 49.6 Å². The molecule has 5 rings (SSSR count). The molecule has 164 valence electrons. The van der Waals surface area contributed by atoms with Crippen LogP contribution in [0.2, 0.25) is 0 Å². The molecule has 1 atom stereocenters. The van der Waals surface area contributed by atoms with Gasteiger partial charge in [0.25, 0.3) is 5.91 Å². The maximum Gasteiger partial charge on any atom is 0.256 e. The first-order chi connectivity index (χ1) is 15.5. The zero-order chi connectivity index (χ0) is 22.4. The molecule has 7 heteroatoms. The van der Waals surface area contributed by atoms with Crippen LogP contribution in [0.25, 0.3) is 5.69 Å². The molecule has 0 spiro atoms. The molecule has 0 N–H and O–H groups in total. The number of amides is 2. The molecule has 1 aliphatic heterocycles. The van der Waals surface area contributed by atoms with E-state index >= 15 is 0 Å². The molecule has 0 radical (unpaired) electrons. The van der Waals surface area contributed by atoms with E-state index in [0.29, 0.717) is 0 Å². The third kappa shape index (κ3) is 3.70. The van der Waals surface area contributed by atoms with Gasteiger partial charge < -0.3 is 9.47 Å². The molecular formula is C25H23Cl2N3O2. The number of fused-ring (bicyclic) bond motifs is 3. The first kappa shape index (κ1) is 21.1. The van der Waals surface area contributed by atoms with E-state index in [-0.39, 0.29) is 24.5 Å². The maximum atomic E-state index is 13.9. The van der Waals surface area contributed by atoms with Gasteiger partial charge in [-0.25, -0.2) is 0 Å². The van der Waals surface area contributed by atoms with E-state index < -0.39 is 10.7 Å². The van der Waals surface area contributed by atoms with Gasteiger partial charge in [0.05, 0.1) is 17.1 Å². The monoisotopic (exact) mass is 467 g/mol. The van der Waals surface area contributed by atoms with Gasteiger partial charge in [-0.3, -0.25) is 14.5 Å². The molecule has 2 heterocycles. The summed E-state index contributed by atoms with van der Waals surface area (Å²) in [5.74, 6) is -0.574. The predicted molar refractivity (Wildman–Crippen MR) is 127 cm³/mol. The number of carbonyl (C=O) groups excluding carboxylic acids is 2. The van der Waals surface area contributed by atoms with Crippen LogP contribution in [0.1, 0.15) is 35.7 Å². The average Bonchev–Trinajstić information content (AvgIpc) is 3.51. The smallest absolute Gasteiger partial charge is 0.256 e. The standard InChI is InChI=1S/C25H23Cl2N3O2/c1-16-6-4-7-17(14-16)23-21-10-5-13-28(21)19-8-2-3-9-20(19)30(23)22(31)15-29(18-11-12-18)25(32)24(26)27/h2-10,13-14,18,23-24H,11-12,15H2,1H3. The molecule has 1 fully saturated rings. The van der Waals surface area contributed by atoms with Gasteiger partial charge in [0.2, 0.25) is 5.91 Å². The number of rotatable bonds is 5. The lowest BCUT2D eigenvalue weighted by Crippen LogP contribution is -2.48. The lowest BCUT2D eigenvalue weighted by molar-refractivity contribution is -0.134. The predicted octanol–water partition coefficient (Wildman–Crippen LogP) is 5.02. The minimum atomic E-state index is -1.18. The minimum Gasteiger partial charge on any atom is -0.328 e. The van der Waals surface area contributed by atoms with Crippen molar-refractivity contribution in [3.8, 4) is 5.69 Å². The Morgan fingerprint density at radius 1 is 1.03 bits per heavy atom. The fourth-order valence-corrected chi connectivity index (χ4v) is 4.79. The molecule has 0 saturated heterocycles. The van der Waals surface area contributed by atoms with Gasteiger partial charge in [0.15, 0.2) is 4.84 Å². The van der Waals surface area contributed by atoms with Crippen LogP contribution in [0.15, 0.2) is 66.9 Å². The second kappa shape index (κ2) is 8.30. The SMILES string of the molecule is Cc1cccc(C2c3cccn3-c3ccccc3N2C(=O)CN(C(=O)C(Cl)Cl)C2CC2)c1. The second-order valence-corrected chi connectivity index (χ2v) is 9.47. The molecule has 2 amide bonds. The number of aryl methyl sites for hydroxylation is 1. The van der Waals surface area contributed by atoms with Crippen molar-refractivity contribution in [1.29, 1.82) is 0 Å². The summed E-state index contributed by atoms with van der Waals surface area (Å²) in [5, 5.41) is 0. The molecule has 32 heavy (non-hydrogen) atoms. The van der Waals surface area contributed by atoms with E-state index in [9.17, 15) is 9.59 Å². The normalized spacial score (nSPS) is 17.1. The molecule has 3 aromatic rings. The average molecular weight is 468 g/mol. The molecule has 0 bridgehead atoms. The number of halogens is 2. The van der Waals surface area contributed by atoms with Crippen LogP contribution in [0.5, 0.6) is 0 Å². The summed E-state index contributed by atoms with van der Waals surface area (Å²) < 4.78 is 2.13. The quantitative estimate of drug-likeness (QED) is 0.494. The van der Waals surface area contributed by atoms with Crippen molar-refractivity contribution in [2.24, 2.45) is 0 Å². The Labute approximate surface area is 197 Å². The highest BCUT2D eigenvalue weighted by atomic mass is 35.5. The number of carbonyl (C=O) groups is 2. The summed E-state index contributed by atoms with van der Waals surface area (Å²) in [7, 11) is 0. The van der Waals surface area contributed by atoms with Crippen LogP contribution in [-0.4, -0.2) is 38.7 Å². The summed E-state index contributed by atoms with van der Waals surface area (Å²) in [5.41, 5.74) is 4.88. The van der Waals surface area contributed by atoms with Crippen molar-refractivity contribution in [2.45, 2.75) is 36.7 Å². The Morgan fingerprint density at radius 3 is 2.47 bits per heavy atom.